The van der Waals surface area contributed by atoms with Gasteiger partial charge in [-0.25, -0.2) is 4.98 Å². The van der Waals surface area contributed by atoms with E-state index in [0.717, 1.165) is 48.7 Å². The van der Waals surface area contributed by atoms with Gasteiger partial charge in [0.2, 0.25) is 0 Å². The smallest absolute Gasteiger partial charge is 0.191 e. The molecule has 0 aliphatic heterocycles. The summed E-state index contributed by atoms with van der Waals surface area (Å²) in [7, 11) is 1.80. The number of hydrogen-bond acceptors (Lipinski definition) is 3. The van der Waals surface area contributed by atoms with Crippen molar-refractivity contribution < 1.29 is 0 Å². The molecule has 31 heavy (non-hydrogen) atoms. The second kappa shape index (κ2) is 11.5. The minimum Gasteiger partial charge on any atom is -0.356 e. The van der Waals surface area contributed by atoms with Crippen molar-refractivity contribution in [3.05, 3.63) is 83.9 Å². The van der Waals surface area contributed by atoms with Gasteiger partial charge < -0.3 is 15.6 Å². The summed E-state index contributed by atoms with van der Waals surface area (Å²) in [6.45, 7) is 2.29. The number of halogens is 1. The van der Waals surface area contributed by atoms with E-state index < -0.39 is 0 Å². The van der Waals surface area contributed by atoms with E-state index in [1.165, 1.54) is 11.1 Å². The van der Waals surface area contributed by atoms with Crippen LogP contribution in [0.25, 0.3) is 11.0 Å². The fraction of sp³-hybridized carbons (Fsp3) is 0.261. The van der Waals surface area contributed by atoms with Crippen molar-refractivity contribution in [2.24, 2.45) is 4.99 Å². The maximum atomic E-state index is 4.63. The van der Waals surface area contributed by atoms with Crippen LogP contribution in [0.1, 0.15) is 23.4 Å². The molecule has 0 radical (unpaired) electrons. The predicted molar refractivity (Wildman–Crippen MR) is 136 cm³/mol. The lowest BCUT2D eigenvalue weighted by atomic mass is 10.1. The number of guanidine groups is 1. The van der Waals surface area contributed by atoms with Gasteiger partial charge in [-0.15, -0.1) is 24.0 Å². The number of rotatable bonds is 8. The number of aliphatic imine (C=N–C) groups is 1. The van der Waals surface area contributed by atoms with Crippen LogP contribution in [-0.4, -0.2) is 39.3 Å². The lowest BCUT2D eigenvalue weighted by molar-refractivity contribution is 0.676. The normalized spacial score (nSPS) is 11.3. The van der Waals surface area contributed by atoms with Gasteiger partial charge in [-0.05, 0) is 35.7 Å². The Morgan fingerprint density at radius 1 is 1.03 bits per heavy atom. The topological polar surface area (TPSA) is 82.9 Å². The average molecular weight is 529 g/mol. The number of imidazole rings is 1. The Hall–Kier alpha value is -2.88. The molecule has 4 aromatic rings. The number of aromatic nitrogens is 4. The van der Waals surface area contributed by atoms with Gasteiger partial charge in [0.15, 0.2) is 5.96 Å². The van der Waals surface area contributed by atoms with Gasteiger partial charge in [-0.2, -0.15) is 5.10 Å². The van der Waals surface area contributed by atoms with Gasteiger partial charge in [0.1, 0.15) is 5.82 Å². The number of para-hydroxylation sites is 2. The number of aromatic amines is 1. The molecule has 8 heteroatoms. The second-order valence-electron chi connectivity index (χ2n) is 7.13. The summed E-state index contributed by atoms with van der Waals surface area (Å²) in [4.78, 5) is 12.3. The third kappa shape index (κ3) is 6.30. The number of fused-ring (bicyclic) bond motifs is 1. The van der Waals surface area contributed by atoms with Gasteiger partial charge in [0.05, 0.1) is 17.6 Å². The van der Waals surface area contributed by atoms with Crippen molar-refractivity contribution in [3.63, 3.8) is 0 Å². The van der Waals surface area contributed by atoms with E-state index in [2.05, 4.69) is 61.0 Å². The third-order valence-electron chi connectivity index (χ3n) is 5.00. The highest BCUT2D eigenvalue weighted by Gasteiger charge is 2.05. The molecule has 7 nitrogen and oxygen atoms in total. The molecule has 0 aliphatic rings. The van der Waals surface area contributed by atoms with Gasteiger partial charge in [-0.3, -0.25) is 9.67 Å². The first-order valence-electron chi connectivity index (χ1n) is 10.2. The molecule has 2 aromatic carbocycles. The molecule has 2 aromatic heterocycles. The number of H-pyrrole nitrogens is 1. The van der Waals surface area contributed by atoms with E-state index in [1.54, 1.807) is 13.2 Å². The van der Waals surface area contributed by atoms with Gasteiger partial charge >= 0.3 is 0 Å². The zero-order valence-corrected chi connectivity index (χ0v) is 19.9. The monoisotopic (exact) mass is 529 g/mol. The standard InChI is InChI=1S/C23H27N7.HI/c1-24-23(25-13-6-12-22-28-20-10-4-5-11-21(20)29-22)26-16-18-8-2-3-9-19(18)17-30-15-7-14-27-30;/h2-5,7-11,14-15H,6,12-13,16-17H2,1H3,(H,28,29)(H2,24,25,26);1H. The Kier molecular flexibility index (Phi) is 8.45. The van der Waals surface area contributed by atoms with Gasteiger partial charge in [0.25, 0.3) is 0 Å². The van der Waals surface area contributed by atoms with E-state index in [0.29, 0.717) is 6.54 Å². The van der Waals surface area contributed by atoms with Crippen molar-refractivity contribution in [2.75, 3.05) is 13.6 Å². The van der Waals surface area contributed by atoms with Crippen LogP contribution in [0.3, 0.4) is 0 Å². The van der Waals surface area contributed by atoms with Crippen LogP contribution in [0.2, 0.25) is 0 Å². The van der Waals surface area contributed by atoms with Crippen LogP contribution in [0.15, 0.2) is 72.0 Å². The first-order valence-corrected chi connectivity index (χ1v) is 10.2. The van der Waals surface area contributed by atoms with Crippen LogP contribution in [-0.2, 0) is 19.5 Å². The molecule has 0 aliphatic carbocycles. The Balaban J connectivity index is 0.00000272. The molecule has 3 N–H and O–H groups in total. The number of nitrogens with one attached hydrogen (secondary N) is 3. The molecule has 0 unspecified atom stereocenters. The molecular weight excluding hydrogens is 501 g/mol. The summed E-state index contributed by atoms with van der Waals surface area (Å²) in [6.07, 6.45) is 5.65. The first kappa shape index (κ1) is 22.8. The number of nitrogens with zero attached hydrogens (tertiary/aromatic N) is 4. The molecule has 0 saturated heterocycles. The lowest BCUT2D eigenvalue weighted by Crippen LogP contribution is -2.37. The highest BCUT2D eigenvalue weighted by molar-refractivity contribution is 14.0. The average Bonchev–Trinajstić information content (AvgIpc) is 3.43. The van der Waals surface area contributed by atoms with Crippen molar-refractivity contribution in [1.29, 1.82) is 0 Å². The van der Waals surface area contributed by atoms with Crippen molar-refractivity contribution in [1.82, 2.24) is 30.4 Å². The van der Waals surface area contributed by atoms with E-state index in [-0.39, 0.29) is 24.0 Å². The molecule has 0 atom stereocenters. The van der Waals surface area contributed by atoms with Crippen LogP contribution < -0.4 is 10.6 Å². The van der Waals surface area contributed by atoms with Crippen molar-refractivity contribution in [2.45, 2.75) is 25.9 Å². The van der Waals surface area contributed by atoms with E-state index >= 15 is 0 Å². The predicted octanol–water partition coefficient (Wildman–Crippen LogP) is 3.72. The zero-order valence-electron chi connectivity index (χ0n) is 17.6. The van der Waals surface area contributed by atoms with Crippen molar-refractivity contribution in [3.8, 4) is 0 Å². The van der Waals surface area contributed by atoms with Crippen LogP contribution in [0.5, 0.6) is 0 Å². The molecule has 0 amide bonds. The molecule has 2 heterocycles. The summed E-state index contributed by atoms with van der Waals surface area (Å²) in [5.41, 5.74) is 4.59. The lowest BCUT2D eigenvalue weighted by Gasteiger charge is -2.14. The van der Waals surface area contributed by atoms with E-state index in [9.17, 15) is 0 Å². The third-order valence-corrected chi connectivity index (χ3v) is 5.00. The summed E-state index contributed by atoms with van der Waals surface area (Å²) in [5, 5.41) is 11.1. The maximum absolute atomic E-state index is 4.63. The minimum absolute atomic E-state index is 0. The Morgan fingerprint density at radius 2 is 1.84 bits per heavy atom. The molecule has 0 saturated carbocycles. The first-order chi connectivity index (χ1) is 14.8. The summed E-state index contributed by atoms with van der Waals surface area (Å²) in [5.74, 6) is 1.82. The van der Waals surface area contributed by atoms with Crippen LogP contribution in [0.4, 0.5) is 0 Å². The molecule has 162 valence electrons. The summed E-state index contributed by atoms with van der Waals surface area (Å²) < 4.78 is 1.93. The highest BCUT2D eigenvalue weighted by Crippen LogP contribution is 2.11. The van der Waals surface area contributed by atoms with E-state index in [1.807, 2.05) is 35.1 Å². The maximum Gasteiger partial charge on any atom is 0.191 e. The Labute approximate surface area is 199 Å². The second-order valence-corrected chi connectivity index (χ2v) is 7.13. The number of aryl methyl sites for hydroxylation is 1. The molecule has 0 spiro atoms. The molecule has 0 bridgehead atoms. The summed E-state index contributed by atoms with van der Waals surface area (Å²) >= 11 is 0. The Morgan fingerprint density at radius 3 is 2.61 bits per heavy atom. The fourth-order valence-corrected chi connectivity index (χ4v) is 3.44. The SMILES string of the molecule is CN=C(NCCCc1nc2ccccc2[nH]1)NCc1ccccc1Cn1cccn1.I. The largest absolute Gasteiger partial charge is 0.356 e. The summed E-state index contributed by atoms with van der Waals surface area (Å²) in [6, 6.07) is 18.5. The highest BCUT2D eigenvalue weighted by atomic mass is 127. The van der Waals surface area contributed by atoms with Crippen molar-refractivity contribution >= 4 is 41.0 Å². The minimum atomic E-state index is 0. The number of benzene rings is 2. The zero-order chi connectivity index (χ0) is 20.6. The fourth-order valence-electron chi connectivity index (χ4n) is 3.44. The number of hydrogen-bond donors (Lipinski definition) is 3. The molecule has 0 fully saturated rings. The van der Waals surface area contributed by atoms with Crippen LogP contribution in [0, 0.1) is 0 Å². The van der Waals surface area contributed by atoms with E-state index in [4.69, 9.17) is 0 Å². The molecule has 4 rings (SSSR count). The quantitative estimate of drug-likeness (QED) is 0.141. The molecular formula is C23H28IN7. The van der Waals surface area contributed by atoms with Crippen LogP contribution >= 0.6 is 24.0 Å². The van der Waals surface area contributed by atoms with Gasteiger partial charge in [-0.1, -0.05) is 36.4 Å². The van der Waals surface area contributed by atoms with Gasteiger partial charge in [0, 0.05) is 39.0 Å². The Bertz CT molecular complexity index is 1070.